The van der Waals surface area contributed by atoms with Gasteiger partial charge in [-0.3, -0.25) is 14.5 Å². The number of amides is 2. The van der Waals surface area contributed by atoms with Gasteiger partial charge in [-0.15, -0.1) is 0 Å². The van der Waals surface area contributed by atoms with E-state index in [-0.39, 0.29) is 29.7 Å². The van der Waals surface area contributed by atoms with Gasteiger partial charge in [0.2, 0.25) is 11.8 Å². The molecule has 1 heterocycles. The summed E-state index contributed by atoms with van der Waals surface area (Å²) in [6, 6.07) is 0.0278. The molecule has 3 rings (SSSR count). The van der Waals surface area contributed by atoms with Crippen molar-refractivity contribution in [2.24, 2.45) is 29.6 Å². The standard InChI is InChI=1S/C14H19NO2/c1-7(2)8(3)15-13(16)11-9-4-5-10(6-9)12(11)14(15)17/h4-5,7-12H,6H2,1-3H3. The van der Waals surface area contributed by atoms with E-state index in [4.69, 9.17) is 0 Å². The Morgan fingerprint density at radius 1 is 1.06 bits per heavy atom. The summed E-state index contributed by atoms with van der Waals surface area (Å²) in [6.45, 7) is 6.11. The van der Waals surface area contributed by atoms with Crippen LogP contribution in [0.3, 0.4) is 0 Å². The first-order valence-electron chi connectivity index (χ1n) is 6.57. The van der Waals surface area contributed by atoms with Crippen LogP contribution in [-0.4, -0.2) is 22.8 Å². The smallest absolute Gasteiger partial charge is 0.233 e. The van der Waals surface area contributed by atoms with Crippen LogP contribution in [0.2, 0.25) is 0 Å². The largest absolute Gasteiger partial charge is 0.279 e. The van der Waals surface area contributed by atoms with Crippen LogP contribution in [0.25, 0.3) is 0 Å². The number of rotatable bonds is 2. The van der Waals surface area contributed by atoms with Gasteiger partial charge >= 0.3 is 0 Å². The van der Waals surface area contributed by atoms with Crippen LogP contribution in [0.15, 0.2) is 12.2 Å². The van der Waals surface area contributed by atoms with Crippen molar-refractivity contribution < 1.29 is 9.59 Å². The van der Waals surface area contributed by atoms with Crippen molar-refractivity contribution >= 4 is 11.8 Å². The highest BCUT2D eigenvalue weighted by Crippen LogP contribution is 2.53. The lowest BCUT2D eigenvalue weighted by Crippen LogP contribution is -2.42. The normalized spacial score (nSPS) is 40.6. The molecule has 0 spiro atoms. The van der Waals surface area contributed by atoms with E-state index >= 15 is 0 Å². The van der Waals surface area contributed by atoms with Crippen LogP contribution in [0.5, 0.6) is 0 Å². The molecule has 0 N–H and O–H groups in total. The molecule has 2 fully saturated rings. The number of carbonyl (C=O) groups excluding carboxylic acids is 2. The van der Waals surface area contributed by atoms with E-state index in [0.29, 0.717) is 17.8 Å². The van der Waals surface area contributed by atoms with Crippen LogP contribution in [-0.2, 0) is 9.59 Å². The second-order valence-corrected chi connectivity index (χ2v) is 6.03. The maximum Gasteiger partial charge on any atom is 0.233 e. The average molecular weight is 233 g/mol. The summed E-state index contributed by atoms with van der Waals surface area (Å²) < 4.78 is 0. The third-order valence-electron chi connectivity index (χ3n) is 4.88. The topological polar surface area (TPSA) is 37.4 Å². The van der Waals surface area contributed by atoms with Gasteiger partial charge in [-0.05, 0) is 31.1 Å². The van der Waals surface area contributed by atoms with E-state index < -0.39 is 0 Å². The summed E-state index contributed by atoms with van der Waals surface area (Å²) in [5.41, 5.74) is 0. The predicted octanol–water partition coefficient (Wildman–Crippen LogP) is 1.84. The molecule has 5 atom stereocenters. The molecule has 0 aromatic carbocycles. The summed E-state index contributed by atoms with van der Waals surface area (Å²) in [5.74, 6) is 1.05. The van der Waals surface area contributed by atoms with E-state index in [9.17, 15) is 9.59 Å². The van der Waals surface area contributed by atoms with Crippen LogP contribution in [0.4, 0.5) is 0 Å². The van der Waals surface area contributed by atoms with Gasteiger partial charge in [0.05, 0.1) is 11.8 Å². The molecule has 0 aromatic heterocycles. The maximum atomic E-state index is 12.4. The van der Waals surface area contributed by atoms with Crippen molar-refractivity contribution in [2.45, 2.75) is 33.2 Å². The monoisotopic (exact) mass is 233 g/mol. The fourth-order valence-corrected chi connectivity index (χ4v) is 3.62. The zero-order valence-corrected chi connectivity index (χ0v) is 10.6. The van der Waals surface area contributed by atoms with E-state index in [1.54, 1.807) is 4.90 Å². The Morgan fingerprint density at radius 3 is 1.94 bits per heavy atom. The SMILES string of the molecule is CC(C)C(C)N1C(=O)C2C3C=CC(C3)C2C1=O. The molecule has 3 heteroatoms. The number of allylic oxidation sites excluding steroid dienone is 2. The van der Waals surface area contributed by atoms with E-state index in [0.717, 1.165) is 6.42 Å². The molecule has 0 aromatic rings. The lowest BCUT2D eigenvalue weighted by molar-refractivity contribution is -0.144. The second-order valence-electron chi connectivity index (χ2n) is 6.03. The summed E-state index contributed by atoms with van der Waals surface area (Å²) >= 11 is 0. The first-order valence-corrected chi connectivity index (χ1v) is 6.57. The summed E-state index contributed by atoms with van der Waals surface area (Å²) in [6.07, 6.45) is 5.29. The van der Waals surface area contributed by atoms with Crippen LogP contribution in [0.1, 0.15) is 27.2 Å². The maximum absolute atomic E-state index is 12.4. The Morgan fingerprint density at radius 2 is 1.53 bits per heavy atom. The van der Waals surface area contributed by atoms with Crippen molar-refractivity contribution in [1.82, 2.24) is 4.90 Å². The van der Waals surface area contributed by atoms with E-state index in [1.807, 2.05) is 6.92 Å². The van der Waals surface area contributed by atoms with Gasteiger partial charge in [0.15, 0.2) is 0 Å². The quantitative estimate of drug-likeness (QED) is 0.539. The molecule has 0 radical (unpaired) electrons. The Labute approximate surface area is 102 Å². The molecule has 2 bridgehead atoms. The molecule has 92 valence electrons. The van der Waals surface area contributed by atoms with E-state index in [1.165, 1.54) is 0 Å². The van der Waals surface area contributed by atoms with Crippen molar-refractivity contribution in [1.29, 1.82) is 0 Å². The van der Waals surface area contributed by atoms with Crippen LogP contribution < -0.4 is 0 Å². The highest BCUT2D eigenvalue weighted by Gasteiger charge is 2.60. The minimum absolute atomic E-state index is 0.0278. The molecule has 2 amide bonds. The molecule has 1 saturated heterocycles. The predicted molar refractivity (Wildman–Crippen MR) is 63.9 cm³/mol. The van der Waals surface area contributed by atoms with Gasteiger partial charge in [-0.1, -0.05) is 26.0 Å². The average Bonchev–Trinajstić information content (AvgIpc) is 2.92. The van der Waals surface area contributed by atoms with Gasteiger partial charge in [0, 0.05) is 6.04 Å². The molecule has 17 heavy (non-hydrogen) atoms. The number of nitrogens with zero attached hydrogens (tertiary/aromatic N) is 1. The van der Waals surface area contributed by atoms with Crippen molar-refractivity contribution in [3.63, 3.8) is 0 Å². The Kier molecular flexibility index (Phi) is 2.22. The molecule has 3 nitrogen and oxygen atoms in total. The van der Waals surface area contributed by atoms with Crippen LogP contribution >= 0.6 is 0 Å². The molecule has 5 unspecified atom stereocenters. The number of imide groups is 1. The van der Waals surface area contributed by atoms with Gasteiger partial charge in [0.25, 0.3) is 0 Å². The zero-order valence-electron chi connectivity index (χ0n) is 10.6. The van der Waals surface area contributed by atoms with Gasteiger partial charge in [-0.25, -0.2) is 0 Å². The second kappa shape index (κ2) is 3.44. The molecular formula is C14H19NO2. The minimum Gasteiger partial charge on any atom is -0.279 e. The van der Waals surface area contributed by atoms with Crippen molar-refractivity contribution in [3.8, 4) is 0 Å². The molecule has 3 aliphatic rings. The highest BCUT2D eigenvalue weighted by molar-refractivity contribution is 6.06. The zero-order chi connectivity index (χ0) is 12.3. The third-order valence-corrected chi connectivity index (χ3v) is 4.88. The van der Waals surface area contributed by atoms with Crippen molar-refractivity contribution in [3.05, 3.63) is 12.2 Å². The summed E-state index contributed by atoms with van der Waals surface area (Å²) in [5, 5.41) is 0. The fraction of sp³-hybridized carbons (Fsp3) is 0.714. The van der Waals surface area contributed by atoms with Crippen molar-refractivity contribution in [2.75, 3.05) is 0 Å². The van der Waals surface area contributed by atoms with Crippen LogP contribution in [0, 0.1) is 29.6 Å². The Hall–Kier alpha value is -1.12. The number of hydrogen-bond acceptors (Lipinski definition) is 2. The van der Waals surface area contributed by atoms with Gasteiger partial charge in [-0.2, -0.15) is 0 Å². The lowest BCUT2D eigenvalue weighted by Gasteiger charge is -2.27. The number of likely N-dealkylation sites (tertiary alicyclic amines) is 1. The third kappa shape index (κ3) is 1.28. The molecule has 1 saturated carbocycles. The minimum atomic E-state index is -0.0429. The number of fused-ring (bicyclic) bond motifs is 5. The number of carbonyl (C=O) groups is 2. The van der Waals surface area contributed by atoms with E-state index in [2.05, 4.69) is 26.0 Å². The van der Waals surface area contributed by atoms with Gasteiger partial charge in [0.1, 0.15) is 0 Å². The summed E-state index contributed by atoms with van der Waals surface area (Å²) in [7, 11) is 0. The molecule has 1 aliphatic heterocycles. The fourth-order valence-electron chi connectivity index (χ4n) is 3.62. The highest BCUT2D eigenvalue weighted by atomic mass is 16.2. The first-order chi connectivity index (χ1) is 8.02. The Bertz CT molecular complexity index is 382. The van der Waals surface area contributed by atoms with Gasteiger partial charge < -0.3 is 0 Å². The lowest BCUT2D eigenvalue weighted by atomic mass is 9.85. The summed E-state index contributed by atoms with van der Waals surface area (Å²) in [4.78, 5) is 26.4. The molecular weight excluding hydrogens is 214 g/mol. The first kappa shape index (κ1) is 11.0. The molecule has 2 aliphatic carbocycles. The number of hydrogen-bond donors (Lipinski definition) is 0. The Balaban J connectivity index is 1.93.